The van der Waals surface area contributed by atoms with Crippen LogP contribution in [0.4, 0.5) is 15.9 Å². The molecule has 3 rings (SSSR count). The summed E-state index contributed by atoms with van der Waals surface area (Å²) < 4.78 is 13.6. The van der Waals surface area contributed by atoms with Crippen molar-refractivity contribution >= 4 is 17.8 Å². The van der Waals surface area contributed by atoms with Gasteiger partial charge in [-0.1, -0.05) is 19.9 Å². The number of hydrogen-bond donors (Lipinski definition) is 0. The molecule has 150 valence electrons. The van der Waals surface area contributed by atoms with E-state index in [1.807, 2.05) is 38.2 Å². The number of aryl methyl sites for hydroxylation is 1. The van der Waals surface area contributed by atoms with Crippen LogP contribution in [0.2, 0.25) is 0 Å². The highest BCUT2D eigenvalue weighted by Gasteiger charge is 2.36. The number of piperidine rings is 1. The Hall–Kier alpha value is -2.43. The summed E-state index contributed by atoms with van der Waals surface area (Å²) >= 11 is 0. The van der Waals surface area contributed by atoms with Gasteiger partial charge in [0.15, 0.2) is 0 Å². The number of halogens is 1. The molecule has 2 heterocycles. The van der Waals surface area contributed by atoms with Gasteiger partial charge in [-0.15, -0.1) is 0 Å². The van der Waals surface area contributed by atoms with Gasteiger partial charge >= 0.3 is 0 Å². The van der Waals surface area contributed by atoms with Gasteiger partial charge < -0.3 is 14.6 Å². The zero-order valence-electron chi connectivity index (χ0n) is 17.5. The third kappa shape index (κ3) is 4.03. The maximum atomic E-state index is 13.6. The Kier molecular flexibility index (Phi) is 5.73. The Labute approximate surface area is 167 Å². The lowest BCUT2D eigenvalue weighted by Gasteiger charge is -2.44. The van der Waals surface area contributed by atoms with E-state index in [-0.39, 0.29) is 11.2 Å². The fourth-order valence-electron chi connectivity index (χ4n) is 4.26. The summed E-state index contributed by atoms with van der Waals surface area (Å²) in [7, 11) is 3.99. The maximum Gasteiger partial charge on any atom is 0.129 e. The summed E-state index contributed by atoms with van der Waals surface area (Å²) in [5, 5.41) is 0. The Morgan fingerprint density at radius 3 is 2.64 bits per heavy atom. The van der Waals surface area contributed by atoms with E-state index in [9.17, 15) is 9.18 Å². The predicted octanol–water partition coefficient (Wildman–Crippen LogP) is 4.70. The van der Waals surface area contributed by atoms with Crippen LogP contribution in [0, 0.1) is 24.1 Å². The molecule has 5 heteroatoms. The molecular weight excluding hydrogens is 353 g/mol. The third-order valence-electron chi connectivity index (χ3n) is 5.98. The summed E-state index contributed by atoms with van der Waals surface area (Å²) in [6.45, 7) is 8.14. The van der Waals surface area contributed by atoms with E-state index >= 15 is 0 Å². The molecule has 0 bridgehead atoms. The second-order valence-corrected chi connectivity index (χ2v) is 8.71. The Morgan fingerprint density at radius 2 is 2.04 bits per heavy atom. The molecule has 1 aliphatic heterocycles. The molecule has 1 saturated heterocycles. The van der Waals surface area contributed by atoms with Crippen molar-refractivity contribution in [2.24, 2.45) is 11.3 Å². The van der Waals surface area contributed by atoms with Crippen LogP contribution in [0.25, 0.3) is 11.1 Å². The minimum absolute atomic E-state index is 0.0486. The van der Waals surface area contributed by atoms with Crippen molar-refractivity contribution in [2.45, 2.75) is 33.6 Å². The van der Waals surface area contributed by atoms with Crippen molar-refractivity contribution in [1.29, 1.82) is 0 Å². The average Bonchev–Trinajstić information content (AvgIpc) is 2.62. The fraction of sp³-hybridized carbons (Fsp3) is 0.478. The lowest BCUT2D eigenvalue weighted by molar-refractivity contribution is -0.109. The molecule has 0 radical (unpaired) electrons. The first-order valence-electron chi connectivity index (χ1n) is 9.85. The van der Waals surface area contributed by atoms with Crippen LogP contribution in [0.5, 0.6) is 0 Å². The molecule has 0 aliphatic carbocycles. The molecule has 28 heavy (non-hydrogen) atoms. The lowest BCUT2D eigenvalue weighted by Crippen LogP contribution is -2.46. The van der Waals surface area contributed by atoms with Crippen molar-refractivity contribution in [2.75, 3.05) is 37.0 Å². The predicted molar refractivity (Wildman–Crippen MR) is 113 cm³/mol. The highest BCUT2D eigenvalue weighted by molar-refractivity contribution is 5.82. The molecular formula is C23H30FN3O. The van der Waals surface area contributed by atoms with Gasteiger partial charge in [0.25, 0.3) is 0 Å². The van der Waals surface area contributed by atoms with E-state index < -0.39 is 0 Å². The number of hydrogen-bond acceptors (Lipinski definition) is 4. The summed E-state index contributed by atoms with van der Waals surface area (Å²) in [4.78, 5) is 20.1. The Bertz CT molecular complexity index is 863. The van der Waals surface area contributed by atoms with E-state index in [1.54, 1.807) is 6.07 Å². The normalized spacial score (nSPS) is 18.8. The zero-order chi connectivity index (χ0) is 20.5. The van der Waals surface area contributed by atoms with Crippen molar-refractivity contribution in [3.8, 4) is 11.1 Å². The molecule has 1 aliphatic rings. The van der Waals surface area contributed by atoms with Crippen LogP contribution in [0.1, 0.15) is 32.3 Å². The molecule has 1 unspecified atom stereocenters. The highest BCUT2D eigenvalue weighted by Crippen LogP contribution is 2.40. The maximum absolute atomic E-state index is 13.6. The lowest BCUT2D eigenvalue weighted by atomic mass is 9.72. The first kappa shape index (κ1) is 20.3. The Morgan fingerprint density at radius 1 is 1.29 bits per heavy atom. The molecule has 0 saturated carbocycles. The number of anilines is 2. The standard InChI is InChI=1S/C23H30FN3O/c1-16-12-18(24)6-7-19(16)20-13-22(25-14-21(20)26(4)5)27-10-8-17(9-11-28)23(2,3)15-27/h6-7,11-14,17H,8-10,15H2,1-5H3. The van der Waals surface area contributed by atoms with Gasteiger partial charge in [-0.25, -0.2) is 9.37 Å². The molecule has 2 aromatic rings. The number of carbonyl (C=O) groups is 1. The SMILES string of the molecule is Cc1cc(F)ccc1-c1cc(N2CCC(CC=O)C(C)(C)C2)ncc1N(C)C. The van der Waals surface area contributed by atoms with Gasteiger partial charge in [0.1, 0.15) is 17.9 Å². The van der Waals surface area contributed by atoms with Gasteiger partial charge in [0.2, 0.25) is 0 Å². The largest absolute Gasteiger partial charge is 0.376 e. The van der Waals surface area contributed by atoms with Crippen molar-refractivity contribution in [3.63, 3.8) is 0 Å². The number of aldehydes is 1. The van der Waals surface area contributed by atoms with E-state index in [0.29, 0.717) is 12.3 Å². The number of nitrogens with zero attached hydrogens (tertiary/aromatic N) is 3. The third-order valence-corrected chi connectivity index (χ3v) is 5.98. The van der Waals surface area contributed by atoms with Crippen molar-refractivity contribution in [3.05, 3.63) is 41.8 Å². The second-order valence-electron chi connectivity index (χ2n) is 8.71. The summed E-state index contributed by atoms with van der Waals surface area (Å²) in [6, 6.07) is 7.04. The van der Waals surface area contributed by atoms with Crippen LogP contribution in [0.3, 0.4) is 0 Å². The molecule has 0 N–H and O–H groups in total. The van der Waals surface area contributed by atoms with Crippen LogP contribution < -0.4 is 9.80 Å². The first-order chi connectivity index (χ1) is 13.2. The molecule has 1 aromatic heterocycles. The summed E-state index contributed by atoms with van der Waals surface area (Å²) in [6.07, 6.45) is 4.54. The van der Waals surface area contributed by atoms with Crippen molar-refractivity contribution < 1.29 is 9.18 Å². The molecule has 1 fully saturated rings. The molecule has 1 atom stereocenters. The number of aromatic nitrogens is 1. The average molecular weight is 384 g/mol. The van der Waals surface area contributed by atoms with Crippen LogP contribution in [-0.4, -0.2) is 38.5 Å². The van der Waals surface area contributed by atoms with Gasteiger partial charge in [-0.05, 0) is 54.0 Å². The quantitative estimate of drug-likeness (QED) is 0.701. The number of rotatable bonds is 5. The van der Waals surface area contributed by atoms with Crippen LogP contribution in [0.15, 0.2) is 30.5 Å². The Balaban J connectivity index is 1.99. The minimum Gasteiger partial charge on any atom is -0.376 e. The van der Waals surface area contributed by atoms with Gasteiger partial charge in [-0.2, -0.15) is 0 Å². The smallest absolute Gasteiger partial charge is 0.129 e. The monoisotopic (exact) mass is 383 g/mol. The zero-order valence-corrected chi connectivity index (χ0v) is 17.5. The van der Waals surface area contributed by atoms with Crippen LogP contribution in [-0.2, 0) is 4.79 Å². The molecule has 4 nitrogen and oxygen atoms in total. The highest BCUT2D eigenvalue weighted by atomic mass is 19.1. The van der Waals surface area contributed by atoms with E-state index in [1.165, 1.54) is 6.07 Å². The van der Waals surface area contributed by atoms with Crippen molar-refractivity contribution in [1.82, 2.24) is 4.98 Å². The molecule has 1 aromatic carbocycles. The van der Waals surface area contributed by atoms with E-state index in [2.05, 4.69) is 24.8 Å². The molecule has 0 amide bonds. The van der Waals surface area contributed by atoms with Gasteiger partial charge in [0.05, 0.1) is 11.9 Å². The molecule has 0 spiro atoms. The van der Waals surface area contributed by atoms with E-state index in [0.717, 1.165) is 54.0 Å². The number of benzene rings is 1. The van der Waals surface area contributed by atoms with Crippen LogP contribution >= 0.6 is 0 Å². The topological polar surface area (TPSA) is 36.4 Å². The fourth-order valence-corrected chi connectivity index (χ4v) is 4.26. The second kappa shape index (κ2) is 7.90. The minimum atomic E-state index is -0.221. The summed E-state index contributed by atoms with van der Waals surface area (Å²) in [5.41, 5.74) is 4.04. The van der Waals surface area contributed by atoms with Gasteiger partial charge in [-0.3, -0.25) is 0 Å². The summed E-state index contributed by atoms with van der Waals surface area (Å²) in [5.74, 6) is 1.11. The van der Waals surface area contributed by atoms with E-state index in [4.69, 9.17) is 4.98 Å². The number of pyridine rings is 1. The first-order valence-corrected chi connectivity index (χ1v) is 9.85. The number of carbonyl (C=O) groups excluding carboxylic acids is 1. The van der Waals surface area contributed by atoms with Gasteiger partial charge in [0, 0.05) is 39.2 Å².